The highest BCUT2D eigenvalue weighted by Gasteiger charge is 2.17. The van der Waals surface area contributed by atoms with Crippen molar-refractivity contribution in [3.63, 3.8) is 0 Å². The predicted molar refractivity (Wildman–Crippen MR) is 104 cm³/mol. The van der Waals surface area contributed by atoms with E-state index in [1.165, 1.54) is 12.8 Å². The van der Waals surface area contributed by atoms with E-state index in [9.17, 15) is 9.59 Å². The standard InChI is InChI=1S/C20H27N5O2/c1-16-5-3-10-24(14-16)12-9-21-19(26)20(27)23-18-7-2-6-17(13-18)15-25-11-4-8-22-25/h2,4,6-8,11,13,16H,3,5,9-10,12,14-15H2,1H3,(H,21,26)(H,23,27). The van der Waals surface area contributed by atoms with Crippen LogP contribution in [0, 0.1) is 5.92 Å². The van der Waals surface area contributed by atoms with Gasteiger partial charge in [0.1, 0.15) is 0 Å². The van der Waals surface area contributed by atoms with E-state index in [4.69, 9.17) is 0 Å². The third kappa shape index (κ3) is 5.92. The van der Waals surface area contributed by atoms with Crippen molar-refractivity contribution in [3.8, 4) is 0 Å². The van der Waals surface area contributed by atoms with Crippen LogP contribution in [0.4, 0.5) is 5.69 Å². The monoisotopic (exact) mass is 369 g/mol. The summed E-state index contributed by atoms with van der Waals surface area (Å²) in [6.07, 6.45) is 6.07. The Balaban J connectivity index is 1.44. The first-order chi connectivity index (χ1) is 13.1. The second-order valence-corrected chi connectivity index (χ2v) is 7.16. The van der Waals surface area contributed by atoms with Crippen molar-refractivity contribution in [1.29, 1.82) is 0 Å². The van der Waals surface area contributed by atoms with Gasteiger partial charge in [-0.3, -0.25) is 14.3 Å². The first-order valence-corrected chi connectivity index (χ1v) is 9.48. The molecule has 1 aliphatic heterocycles. The summed E-state index contributed by atoms with van der Waals surface area (Å²) in [5.74, 6) is -0.539. The molecule has 144 valence electrons. The normalized spacial score (nSPS) is 17.4. The van der Waals surface area contributed by atoms with Crippen molar-refractivity contribution in [2.75, 3.05) is 31.5 Å². The first-order valence-electron chi connectivity index (χ1n) is 9.48. The molecule has 0 radical (unpaired) electrons. The lowest BCUT2D eigenvalue weighted by molar-refractivity contribution is -0.136. The second kappa shape index (κ2) is 9.32. The van der Waals surface area contributed by atoms with Crippen molar-refractivity contribution >= 4 is 17.5 Å². The summed E-state index contributed by atoms with van der Waals surface area (Å²) in [6.45, 7) is 6.25. The van der Waals surface area contributed by atoms with E-state index in [-0.39, 0.29) is 0 Å². The number of anilines is 1. The maximum atomic E-state index is 12.1. The van der Waals surface area contributed by atoms with Crippen molar-refractivity contribution in [2.24, 2.45) is 5.92 Å². The SMILES string of the molecule is CC1CCCN(CCNC(=O)C(=O)Nc2cccc(Cn3cccn3)c2)C1. The van der Waals surface area contributed by atoms with Crippen molar-refractivity contribution in [2.45, 2.75) is 26.3 Å². The van der Waals surface area contributed by atoms with Crippen LogP contribution in [0.3, 0.4) is 0 Å². The molecule has 3 rings (SSSR count). The van der Waals surface area contributed by atoms with E-state index in [0.29, 0.717) is 24.7 Å². The molecule has 2 heterocycles. The Hall–Kier alpha value is -2.67. The van der Waals surface area contributed by atoms with E-state index in [1.54, 1.807) is 16.9 Å². The minimum Gasteiger partial charge on any atom is -0.347 e. The third-order valence-electron chi connectivity index (χ3n) is 4.75. The van der Waals surface area contributed by atoms with Gasteiger partial charge < -0.3 is 15.5 Å². The fraction of sp³-hybridized carbons (Fsp3) is 0.450. The van der Waals surface area contributed by atoms with Crippen LogP contribution in [0.2, 0.25) is 0 Å². The van der Waals surface area contributed by atoms with E-state index in [2.05, 4.69) is 27.6 Å². The van der Waals surface area contributed by atoms with Gasteiger partial charge in [0, 0.05) is 37.7 Å². The smallest absolute Gasteiger partial charge is 0.313 e. The van der Waals surface area contributed by atoms with Gasteiger partial charge in [0.25, 0.3) is 0 Å². The Bertz CT molecular complexity index is 759. The van der Waals surface area contributed by atoms with Gasteiger partial charge in [0.15, 0.2) is 0 Å². The summed E-state index contributed by atoms with van der Waals surface area (Å²) in [5.41, 5.74) is 1.60. The number of carbonyl (C=O) groups excluding carboxylic acids is 2. The lowest BCUT2D eigenvalue weighted by atomic mass is 10.0. The van der Waals surface area contributed by atoms with Gasteiger partial charge in [-0.25, -0.2) is 0 Å². The molecule has 2 amide bonds. The molecule has 1 unspecified atom stereocenters. The molecule has 2 aromatic rings. The van der Waals surface area contributed by atoms with Gasteiger partial charge in [-0.2, -0.15) is 5.10 Å². The number of amides is 2. The summed E-state index contributed by atoms with van der Waals surface area (Å²) >= 11 is 0. The number of nitrogens with zero attached hydrogens (tertiary/aromatic N) is 3. The van der Waals surface area contributed by atoms with E-state index in [0.717, 1.165) is 25.2 Å². The molecule has 0 aliphatic carbocycles. The van der Waals surface area contributed by atoms with Crippen LogP contribution in [0.1, 0.15) is 25.3 Å². The Morgan fingerprint density at radius 1 is 1.26 bits per heavy atom. The summed E-state index contributed by atoms with van der Waals surface area (Å²) in [4.78, 5) is 26.5. The maximum absolute atomic E-state index is 12.1. The zero-order chi connectivity index (χ0) is 19.1. The van der Waals surface area contributed by atoms with Crippen LogP contribution in [-0.2, 0) is 16.1 Å². The fourth-order valence-electron chi connectivity index (χ4n) is 3.41. The molecule has 1 aromatic heterocycles. The van der Waals surface area contributed by atoms with Gasteiger partial charge in [-0.15, -0.1) is 0 Å². The largest absolute Gasteiger partial charge is 0.347 e. The summed E-state index contributed by atoms with van der Waals surface area (Å²) in [6, 6.07) is 9.29. The van der Waals surface area contributed by atoms with Crippen LogP contribution < -0.4 is 10.6 Å². The lowest BCUT2D eigenvalue weighted by Gasteiger charge is -2.30. The first kappa shape index (κ1) is 19.1. The highest BCUT2D eigenvalue weighted by atomic mass is 16.2. The molecule has 1 aliphatic rings. The van der Waals surface area contributed by atoms with Gasteiger partial charge >= 0.3 is 11.8 Å². The zero-order valence-corrected chi connectivity index (χ0v) is 15.7. The number of benzene rings is 1. The van der Waals surface area contributed by atoms with Crippen LogP contribution in [-0.4, -0.2) is 52.7 Å². The summed E-state index contributed by atoms with van der Waals surface area (Å²) < 4.78 is 1.80. The molecule has 2 N–H and O–H groups in total. The van der Waals surface area contributed by atoms with Crippen molar-refractivity contribution in [3.05, 3.63) is 48.3 Å². The fourth-order valence-corrected chi connectivity index (χ4v) is 3.41. The number of hydrogen-bond donors (Lipinski definition) is 2. The van der Waals surface area contributed by atoms with E-state index in [1.807, 2.05) is 30.5 Å². The highest BCUT2D eigenvalue weighted by molar-refractivity contribution is 6.39. The highest BCUT2D eigenvalue weighted by Crippen LogP contribution is 2.14. The average molecular weight is 369 g/mol. The number of hydrogen-bond acceptors (Lipinski definition) is 4. The molecule has 1 saturated heterocycles. The molecule has 1 atom stereocenters. The topological polar surface area (TPSA) is 79.3 Å². The Morgan fingerprint density at radius 3 is 2.93 bits per heavy atom. The number of nitrogens with one attached hydrogen (secondary N) is 2. The number of carbonyl (C=O) groups is 2. The summed E-state index contributed by atoms with van der Waals surface area (Å²) in [5, 5.41) is 9.54. The molecular formula is C20H27N5O2. The van der Waals surface area contributed by atoms with Gasteiger partial charge in [-0.05, 0) is 49.1 Å². The summed E-state index contributed by atoms with van der Waals surface area (Å²) in [7, 11) is 0. The Labute approximate surface area is 159 Å². The number of aromatic nitrogens is 2. The zero-order valence-electron chi connectivity index (χ0n) is 15.7. The lowest BCUT2D eigenvalue weighted by Crippen LogP contribution is -2.42. The molecule has 0 saturated carbocycles. The number of rotatable bonds is 6. The minimum atomic E-state index is -0.641. The van der Waals surface area contributed by atoms with Crippen LogP contribution in [0.15, 0.2) is 42.7 Å². The van der Waals surface area contributed by atoms with Gasteiger partial charge in [0.05, 0.1) is 6.54 Å². The quantitative estimate of drug-likeness (QED) is 0.760. The molecule has 0 bridgehead atoms. The molecule has 1 aromatic carbocycles. The average Bonchev–Trinajstić information content (AvgIpc) is 3.15. The second-order valence-electron chi connectivity index (χ2n) is 7.16. The molecule has 7 heteroatoms. The third-order valence-corrected chi connectivity index (χ3v) is 4.75. The minimum absolute atomic E-state index is 0.484. The Morgan fingerprint density at radius 2 is 2.15 bits per heavy atom. The van der Waals surface area contributed by atoms with E-state index >= 15 is 0 Å². The van der Waals surface area contributed by atoms with Crippen LogP contribution >= 0.6 is 0 Å². The molecule has 1 fully saturated rings. The Kier molecular flexibility index (Phi) is 6.59. The van der Waals surface area contributed by atoms with Crippen molar-refractivity contribution in [1.82, 2.24) is 20.0 Å². The molecule has 0 spiro atoms. The molecule has 27 heavy (non-hydrogen) atoms. The van der Waals surface area contributed by atoms with Gasteiger partial charge in [-0.1, -0.05) is 19.1 Å². The van der Waals surface area contributed by atoms with Gasteiger partial charge in [0.2, 0.25) is 0 Å². The molecular weight excluding hydrogens is 342 g/mol. The predicted octanol–water partition coefficient (Wildman–Crippen LogP) is 1.72. The van der Waals surface area contributed by atoms with Crippen LogP contribution in [0.5, 0.6) is 0 Å². The maximum Gasteiger partial charge on any atom is 0.313 e. The number of piperidine rings is 1. The number of likely N-dealkylation sites (tertiary alicyclic amines) is 1. The van der Waals surface area contributed by atoms with Crippen LogP contribution in [0.25, 0.3) is 0 Å². The van der Waals surface area contributed by atoms with E-state index < -0.39 is 11.8 Å². The van der Waals surface area contributed by atoms with Crippen molar-refractivity contribution < 1.29 is 9.59 Å². The molecule has 7 nitrogen and oxygen atoms in total.